The molecule has 0 aromatic heterocycles. The standard InChI is InChI=1S/C49H83NO13/c1-3-5-7-9-11-13-15-17-19-21-23-25-27-29-31-33-41(54)50-37(38(53)32-30-28-26-24-22-20-18-16-14-12-10-8-6-4-2)36-60-48-46(59)44(57)47(40(35-52)62-48)63-49-45(58)43(56)42(55)39(34-51)61-49/h5,7,11,13,17,19,23,25,29-32,37-40,42-49,51-53,55-59H,3-4,6,8-10,12,14-16,18,20-22,24,26-28,33-36H2,1-2H3,(H,50,54)/b7-5-,13-11-,19-17-,25-23-,31-29-,32-30+. The summed E-state index contributed by atoms with van der Waals surface area (Å²) in [6, 6.07) is -0.970. The molecule has 63 heavy (non-hydrogen) atoms. The van der Waals surface area contributed by atoms with Crippen molar-refractivity contribution < 1.29 is 64.6 Å². The Kier molecular flexibility index (Phi) is 32.0. The number of nitrogens with one attached hydrogen (secondary N) is 1. The summed E-state index contributed by atoms with van der Waals surface area (Å²) in [4.78, 5) is 13.1. The van der Waals surface area contributed by atoms with Crippen LogP contribution in [0.25, 0.3) is 0 Å². The summed E-state index contributed by atoms with van der Waals surface area (Å²) in [5.41, 5.74) is 0. The summed E-state index contributed by atoms with van der Waals surface area (Å²) < 4.78 is 22.6. The number of carbonyl (C=O) groups excluding carboxylic acids is 1. The molecule has 2 fully saturated rings. The van der Waals surface area contributed by atoms with Crippen molar-refractivity contribution in [2.24, 2.45) is 0 Å². The van der Waals surface area contributed by atoms with Gasteiger partial charge in [0, 0.05) is 6.42 Å². The van der Waals surface area contributed by atoms with Crippen LogP contribution in [0.1, 0.15) is 136 Å². The molecule has 1 amide bonds. The highest BCUT2D eigenvalue weighted by Crippen LogP contribution is 2.30. The predicted octanol–water partition coefficient (Wildman–Crippen LogP) is 5.26. The second-order valence-corrected chi connectivity index (χ2v) is 16.5. The van der Waals surface area contributed by atoms with Crippen molar-refractivity contribution in [3.05, 3.63) is 72.9 Å². The Hall–Kier alpha value is -2.57. The maximum absolute atomic E-state index is 13.1. The maximum Gasteiger partial charge on any atom is 0.224 e. The molecule has 0 aromatic carbocycles. The van der Waals surface area contributed by atoms with Gasteiger partial charge in [-0.1, -0.05) is 157 Å². The molecule has 12 atom stereocenters. The quantitative estimate of drug-likeness (QED) is 0.0297. The van der Waals surface area contributed by atoms with E-state index >= 15 is 0 Å². The van der Waals surface area contributed by atoms with Crippen molar-refractivity contribution in [2.75, 3.05) is 19.8 Å². The number of amides is 1. The number of hydrogen-bond donors (Lipinski definition) is 9. The van der Waals surface area contributed by atoms with Gasteiger partial charge in [0.1, 0.15) is 48.8 Å². The van der Waals surface area contributed by atoms with Gasteiger partial charge in [-0.25, -0.2) is 0 Å². The van der Waals surface area contributed by atoms with E-state index in [0.717, 1.165) is 51.4 Å². The number of allylic oxidation sites excluding steroid dienone is 10. The number of aliphatic hydroxyl groups is 8. The number of rotatable bonds is 34. The molecule has 12 unspecified atom stereocenters. The predicted molar refractivity (Wildman–Crippen MR) is 244 cm³/mol. The minimum Gasteiger partial charge on any atom is -0.394 e. The van der Waals surface area contributed by atoms with E-state index in [-0.39, 0.29) is 18.9 Å². The minimum absolute atomic E-state index is 0.0458. The molecular formula is C49H83NO13. The Balaban J connectivity index is 1.94. The first-order valence-corrected chi connectivity index (χ1v) is 23.7. The van der Waals surface area contributed by atoms with Crippen LogP contribution in [0, 0.1) is 0 Å². The average molecular weight is 894 g/mol. The molecule has 362 valence electrons. The van der Waals surface area contributed by atoms with Crippen LogP contribution in [-0.4, -0.2) is 140 Å². The number of carbonyl (C=O) groups is 1. The number of hydrogen-bond acceptors (Lipinski definition) is 13. The second kappa shape index (κ2) is 35.7. The fraction of sp³-hybridized carbons (Fsp3) is 0.735. The normalized spacial score (nSPS) is 28.2. The first-order valence-electron chi connectivity index (χ1n) is 23.7. The fourth-order valence-corrected chi connectivity index (χ4v) is 7.30. The molecule has 0 aliphatic carbocycles. The largest absolute Gasteiger partial charge is 0.394 e. The van der Waals surface area contributed by atoms with Gasteiger partial charge in [0.25, 0.3) is 0 Å². The van der Waals surface area contributed by atoms with Gasteiger partial charge >= 0.3 is 0 Å². The molecule has 2 rings (SSSR count). The first-order chi connectivity index (χ1) is 30.6. The van der Waals surface area contributed by atoms with Gasteiger partial charge in [-0.2, -0.15) is 0 Å². The zero-order chi connectivity index (χ0) is 46.1. The molecular weight excluding hydrogens is 811 g/mol. The highest BCUT2D eigenvalue weighted by Gasteiger charge is 2.50. The van der Waals surface area contributed by atoms with E-state index in [1.807, 2.05) is 18.2 Å². The summed E-state index contributed by atoms with van der Waals surface area (Å²) in [5.74, 6) is -0.371. The van der Waals surface area contributed by atoms with Gasteiger partial charge in [0.05, 0.1) is 32.0 Å². The van der Waals surface area contributed by atoms with Gasteiger partial charge in [0.15, 0.2) is 12.6 Å². The van der Waals surface area contributed by atoms with Crippen molar-refractivity contribution in [3.8, 4) is 0 Å². The van der Waals surface area contributed by atoms with E-state index in [2.05, 4.69) is 61.7 Å². The molecule has 14 nitrogen and oxygen atoms in total. The third-order valence-corrected chi connectivity index (χ3v) is 11.2. The second-order valence-electron chi connectivity index (χ2n) is 16.5. The lowest BCUT2D eigenvalue weighted by Crippen LogP contribution is -2.65. The molecule has 0 spiro atoms. The van der Waals surface area contributed by atoms with Crippen LogP contribution in [0.2, 0.25) is 0 Å². The lowest BCUT2D eigenvalue weighted by molar-refractivity contribution is -0.359. The third kappa shape index (κ3) is 23.4. The van der Waals surface area contributed by atoms with Crippen LogP contribution in [-0.2, 0) is 23.7 Å². The monoisotopic (exact) mass is 894 g/mol. The molecule has 0 bridgehead atoms. The van der Waals surface area contributed by atoms with Gasteiger partial charge < -0.3 is 65.1 Å². The van der Waals surface area contributed by atoms with E-state index in [1.165, 1.54) is 57.8 Å². The third-order valence-electron chi connectivity index (χ3n) is 11.2. The van der Waals surface area contributed by atoms with E-state index in [0.29, 0.717) is 6.42 Å². The van der Waals surface area contributed by atoms with Crippen LogP contribution in [0.3, 0.4) is 0 Å². The summed E-state index contributed by atoms with van der Waals surface area (Å²) in [6.07, 6.45) is 26.8. The summed E-state index contributed by atoms with van der Waals surface area (Å²) in [7, 11) is 0. The molecule has 9 N–H and O–H groups in total. The van der Waals surface area contributed by atoms with Crippen molar-refractivity contribution in [1.82, 2.24) is 5.32 Å². The van der Waals surface area contributed by atoms with Crippen LogP contribution in [0.5, 0.6) is 0 Å². The lowest BCUT2D eigenvalue weighted by Gasteiger charge is -2.46. The van der Waals surface area contributed by atoms with E-state index < -0.39 is 86.8 Å². The van der Waals surface area contributed by atoms with Crippen LogP contribution >= 0.6 is 0 Å². The van der Waals surface area contributed by atoms with E-state index in [1.54, 1.807) is 12.2 Å². The van der Waals surface area contributed by atoms with Crippen LogP contribution in [0.4, 0.5) is 0 Å². The molecule has 0 radical (unpaired) electrons. The molecule has 2 saturated heterocycles. The van der Waals surface area contributed by atoms with Crippen molar-refractivity contribution in [3.63, 3.8) is 0 Å². The van der Waals surface area contributed by atoms with Crippen LogP contribution in [0.15, 0.2) is 72.9 Å². The highest BCUT2D eigenvalue weighted by molar-refractivity contribution is 5.77. The molecule has 2 aliphatic rings. The highest BCUT2D eigenvalue weighted by atomic mass is 16.7. The van der Waals surface area contributed by atoms with Gasteiger partial charge in [-0.15, -0.1) is 0 Å². The van der Waals surface area contributed by atoms with E-state index in [4.69, 9.17) is 18.9 Å². The zero-order valence-corrected chi connectivity index (χ0v) is 38.0. The number of ether oxygens (including phenoxy) is 4. The Morgan fingerprint density at radius 3 is 1.62 bits per heavy atom. The smallest absolute Gasteiger partial charge is 0.224 e. The number of unbranched alkanes of at least 4 members (excludes halogenated alkanes) is 12. The molecule has 2 heterocycles. The van der Waals surface area contributed by atoms with Crippen molar-refractivity contribution in [2.45, 2.75) is 209 Å². The first kappa shape index (κ1) is 56.6. The number of aliphatic hydroxyl groups excluding tert-OH is 8. The maximum atomic E-state index is 13.1. The molecule has 2 aliphatic heterocycles. The molecule has 14 heteroatoms. The van der Waals surface area contributed by atoms with Gasteiger partial charge in [0.2, 0.25) is 5.91 Å². The Morgan fingerprint density at radius 2 is 1.08 bits per heavy atom. The topological polar surface area (TPSA) is 228 Å². The summed E-state index contributed by atoms with van der Waals surface area (Å²) in [6.45, 7) is 2.57. The van der Waals surface area contributed by atoms with Crippen molar-refractivity contribution in [1.29, 1.82) is 0 Å². The van der Waals surface area contributed by atoms with Gasteiger partial charge in [-0.3, -0.25) is 4.79 Å². The Morgan fingerprint density at radius 1 is 0.587 bits per heavy atom. The van der Waals surface area contributed by atoms with E-state index in [9.17, 15) is 45.6 Å². The molecule has 0 saturated carbocycles. The van der Waals surface area contributed by atoms with Gasteiger partial charge in [-0.05, 0) is 44.9 Å². The minimum atomic E-state index is -1.80. The Bertz CT molecular complexity index is 1330. The Labute approximate surface area is 377 Å². The summed E-state index contributed by atoms with van der Waals surface area (Å²) >= 11 is 0. The summed E-state index contributed by atoms with van der Waals surface area (Å²) in [5, 5.41) is 86.4. The average Bonchev–Trinajstić information content (AvgIpc) is 3.28. The lowest BCUT2D eigenvalue weighted by atomic mass is 9.97. The fourth-order valence-electron chi connectivity index (χ4n) is 7.30. The zero-order valence-electron chi connectivity index (χ0n) is 38.0. The molecule has 0 aromatic rings. The van der Waals surface area contributed by atoms with Crippen molar-refractivity contribution >= 4 is 5.91 Å². The SMILES string of the molecule is CC/C=C\C/C=C\C/C=C\C/C=C\C/C=C\CC(=O)NC(COC1OC(CO)C(OC2OC(CO)C(O)C(O)C2O)C(O)C1O)C(O)/C=C/CCCCCCCCCCCCCC. The van der Waals surface area contributed by atoms with Crippen LogP contribution < -0.4 is 5.32 Å².